The van der Waals surface area contributed by atoms with E-state index in [9.17, 15) is 9.59 Å². The highest BCUT2D eigenvalue weighted by atomic mass is 32.2. The number of hydrogen-bond donors (Lipinski definition) is 0. The predicted octanol–water partition coefficient (Wildman–Crippen LogP) is 2.14. The van der Waals surface area contributed by atoms with Gasteiger partial charge in [-0.1, -0.05) is 37.0 Å². The molecule has 0 saturated carbocycles. The van der Waals surface area contributed by atoms with E-state index in [2.05, 4.69) is 0 Å². The van der Waals surface area contributed by atoms with Crippen molar-refractivity contribution >= 4 is 51.7 Å². The van der Waals surface area contributed by atoms with Gasteiger partial charge in [0.2, 0.25) is 0 Å². The van der Waals surface area contributed by atoms with Gasteiger partial charge in [-0.15, -0.1) is 0 Å². The maximum absolute atomic E-state index is 13.2. The van der Waals surface area contributed by atoms with E-state index in [0.717, 1.165) is 6.42 Å². The minimum absolute atomic E-state index is 0.151. The number of pyridine rings is 1. The first kappa shape index (κ1) is 19.1. The van der Waals surface area contributed by atoms with Crippen LogP contribution in [0.4, 0.5) is 5.82 Å². The molecule has 2 aromatic heterocycles. The Morgan fingerprint density at radius 1 is 1.29 bits per heavy atom. The van der Waals surface area contributed by atoms with Crippen LogP contribution in [-0.4, -0.2) is 57.4 Å². The molecular formula is C19H20N4O3S2. The van der Waals surface area contributed by atoms with E-state index >= 15 is 0 Å². The van der Waals surface area contributed by atoms with Gasteiger partial charge in [-0.05, 0) is 24.6 Å². The normalized spacial score (nSPS) is 19.2. The maximum Gasteiger partial charge on any atom is 0.267 e. The van der Waals surface area contributed by atoms with Crippen molar-refractivity contribution in [1.29, 1.82) is 0 Å². The number of ether oxygens (including phenoxy) is 1. The van der Waals surface area contributed by atoms with Gasteiger partial charge in [-0.2, -0.15) is 0 Å². The van der Waals surface area contributed by atoms with E-state index in [1.807, 2.05) is 17.9 Å². The van der Waals surface area contributed by atoms with Gasteiger partial charge in [-0.3, -0.25) is 18.9 Å². The highest BCUT2D eigenvalue weighted by Crippen LogP contribution is 2.33. The second-order valence-electron chi connectivity index (χ2n) is 6.52. The zero-order chi connectivity index (χ0) is 19.7. The lowest BCUT2D eigenvalue weighted by Crippen LogP contribution is -2.38. The lowest BCUT2D eigenvalue weighted by atomic mass is 10.2. The first-order chi connectivity index (χ1) is 13.6. The quantitative estimate of drug-likeness (QED) is 0.559. The molecule has 4 rings (SSSR count). The fourth-order valence-electron chi connectivity index (χ4n) is 3.28. The van der Waals surface area contributed by atoms with Crippen LogP contribution in [0.2, 0.25) is 0 Å². The molecule has 28 heavy (non-hydrogen) atoms. The SMILES string of the molecule is CCCN1C(=O)C(=Cc2c(N3CCOCC3)nc3ccccn3c2=O)SC1=S. The molecule has 0 unspecified atom stereocenters. The van der Waals surface area contributed by atoms with E-state index in [4.69, 9.17) is 21.9 Å². The van der Waals surface area contributed by atoms with Crippen molar-refractivity contribution in [3.63, 3.8) is 0 Å². The number of morpholine rings is 1. The lowest BCUT2D eigenvalue weighted by molar-refractivity contribution is -0.122. The average Bonchev–Trinajstić information content (AvgIpc) is 2.98. The van der Waals surface area contributed by atoms with Crippen LogP contribution in [0.25, 0.3) is 11.7 Å². The Labute approximate surface area is 172 Å². The summed E-state index contributed by atoms with van der Waals surface area (Å²) in [7, 11) is 0. The molecule has 0 aliphatic carbocycles. The van der Waals surface area contributed by atoms with E-state index in [0.29, 0.717) is 59.1 Å². The highest BCUT2D eigenvalue weighted by Gasteiger charge is 2.32. The molecule has 0 spiro atoms. The van der Waals surface area contributed by atoms with Crippen LogP contribution in [0.5, 0.6) is 0 Å². The van der Waals surface area contributed by atoms with Crippen molar-refractivity contribution < 1.29 is 9.53 Å². The minimum atomic E-state index is -0.201. The van der Waals surface area contributed by atoms with E-state index < -0.39 is 0 Å². The third-order valence-corrected chi connectivity index (χ3v) is 6.03. The minimum Gasteiger partial charge on any atom is -0.378 e. The Balaban J connectivity index is 1.85. The topological polar surface area (TPSA) is 67.2 Å². The summed E-state index contributed by atoms with van der Waals surface area (Å²) in [6.07, 6.45) is 4.15. The van der Waals surface area contributed by atoms with Crippen molar-refractivity contribution in [3.05, 3.63) is 45.2 Å². The molecule has 2 fully saturated rings. The van der Waals surface area contributed by atoms with Crippen LogP contribution in [0.15, 0.2) is 34.1 Å². The van der Waals surface area contributed by atoms with Crippen molar-refractivity contribution in [1.82, 2.24) is 14.3 Å². The molecule has 0 atom stereocenters. The lowest BCUT2D eigenvalue weighted by Gasteiger charge is -2.29. The summed E-state index contributed by atoms with van der Waals surface area (Å²) in [5, 5.41) is 0. The third kappa shape index (κ3) is 3.45. The van der Waals surface area contributed by atoms with E-state index in [-0.39, 0.29) is 11.5 Å². The summed E-state index contributed by atoms with van der Waals surface area (Å²) in [5.41, 5.74) is 0.778. The number of carbonyl (C=O) groups excluding carboxylic acids is 1. The monoisotopic (exact) mass is 416 g/mol. The molecular weight excluding hydrogens is 396 g/mol. The first-order valence-corrected chi connectivity index (χ1v) is 10.4. The Morgan fingerprint density at radius 2 is 2.07 bits per heavy atom. The molecule has 2 saturated heterocycles. The van der Waals surface area contributed by atoms with Crippen LogP contribution >= 0.6 is 24.0 Å². The van der Waals surface area contributed by atoms with E-state index in [1.165, 1.54) is 16.2 Å². The number of hydrogen-bond acceptors (Lipinski definition) is 7. The molecule has 146 valence electrons. The van der Waals surface area contributed by atoms with Crippen LogP contribution in [0, 0.1) is 0 Å². The Morgan fingerprint density at radius 3 is 2.82 bits per heavy atom. The number of thioether (sulfide) groups is 1. The van der Waals surface area contributed by atoms with Crippen molar-refractivity contribution in [2.75, 3.05) is 37.7 Å². The standard InChI is InChI=1S/C19H20N4O3S2/c1-2-6-23-18(25)14(28-19(23)27)12-13-16(21-8-10-26-11-9-21)20-15-5-3-4-7-22(15)17(13)24/h3-5,7,12H,2,6,8-11H2,1H3. The van der Waals surface area contributed by atoms with Crippen LogP contribution in [0.3, 0.4) is 0 Å². The van der Waals surface area contributed by atoms with Gasteiger partial charge in [0.25, 0.3) is 11.5 Å². The van der Waals surface area contributed by atoms with Gasteiger partial charge in [0.05, 0.1) is 23.7 Å². The molecule has 2 aliphatic rings. The average molecular weight is 417 g/mol. The van der Waals surface area contributed by atoms with Crippen LogP contribution in [0.1, 0.15) is 18.9 Å². The first-order valence-electron chi connectivity index (χ1n) is 9.19. The van der Waals surface area contributed by atoms with Crippen molar-refractivity contribution in [2.24, 2.45) is 0 Å². The Kier molecular flexibility index (Phi) is 5.47. The van der Waals surface area contributed by atoms with Crippen LogP contribution < -0.4 is 10.5 Å². The number of anilines is 1. The molecule has 9 heteroatoms. The van der Waals surface area contributed by atoms with Crippen molar-refractivity contribution in [3.8, 4) is 0 Å². The summed E-state index contributed by atoms with van der Waals surface area (Å²) in [6, 6.07) is 5.44. The number of aromatic nitrogens is 2. The highest BCUT2D eigenvalue weighted by molar-refractivity contribution is 8.26. The Hall–Kier alpha value is -2.23. The summed E-state index contributed by atoms with van der Waals surface area (Å²) < 4.78 is 7.46. The van der Waals surface area contributed by atoms with Gasteiger partial charge in [-0.25, -0.2) is 4.98 Å². The molecule has 1 amide bonds. The number of amides is 1. The number of fused-ring (bicyclic) bond motifs is 1. The summed E-state index contributed by atoms with van der Waals surface area (Å²) >= 11 is 6.58. The number of nitrogens with zero attached hydrogens (tertiary/aromatic N) is 4. The van der Waals surface area contributed by atoms with Gasteiger partial charge in [0.15, 0.2) is 0 Å². The number of carbonyl (C=O) groups is 1. The number of rotatable bonds is 4. The smallest absolute Gasteiger partial charge is 0.267 e. The predicted molar refractivity (Wildman–Crippen MR) is 115 cm³/mol. The molecule has 2 aliphatic heterocycles. The molecule has 0 bridgehead atoms. The summed E-state index contributed by atoms with van der Waals surface area (Å²) in [6.45, 7) is 5.02. The van der Waals surface area contributed by atoms with Gasteiger partial charge >= 0.3 is 0 Å². The molecule has 7 nitrogen and oxygen atoms in total. The van der Waals surface area contributed by atoms with Gasteiger partial charge < -0.3 is 9.64 Å². The zero-order valence-electron chi connectivity index (χ0n) is 15.5. The summed E-state index contributed by atoms with van der Waals surface area (Å²) in [4.78, 5) is 34.8. The van der Waals surface area contributed by atoms with Gasteiger partial charge in [0, 0.05) is 25.8 Å². The van der Waals surface area contributed by atoms with Crippen molar-refractivity contribution in [2.45, 2.75) is 13.3 Å². The van der Waals surface area contributed by atoms with Gasteiger partial charge in [0.1, 0.15) is 15.8 Å². The molecule has 0 aromatic carbocycles. The maximum atomic E-state index is 13.2. The summed E-state index contributed by atoms with van der Waals surface area (Å²) in [5.74, 6) is 0.433. The molecule has 4 heterocycles. The fraction of sp³-hybridized carbons (Fsp3) is 0.368. The number of thiocarbonyl (C=S) groups is 1. The largest absolute Gasteiger partial charge is 0.378 e. The second kappa shape index (κ2) is 8.02. The Bertz CT molecular complexity index is 1030. The third-order valence-electron chi connectivity index (χ3n) is 4.66. The van der Waals surface area contributed by atoms with Crippen LogP contribution in [-0.2, 0) is 9.53 Å². The second-order valence-corrected chi connectivity index (χ2v) is 8.19. The molecule has 0 radical (unpaired) electrons. The van der Waals surface area contributed by atoms with E-state index in [1.54, 1.807) is 29.3 Å². The molecule has 2 aromatic rings. The zero-order valence-corrected chi connectivity index (χ0v) is 17.1. The molecule has 0 N–H and O–H groups in total. The fourth-order valence-corrected chi connectivity index (χ4v) is 4.57.